The second kappa shape index (κ2) is 3.62. The number of rotatable bonds is 3. The smallest absolute Gasteiger partial charge is 0.165 e. The fourth-order valence-corrected chi connectivity index (χ4v) is 1.61. The Balaban J connectivity index is 2.35. The van der Waals surface area contributed by atoms with Crippen LogP contribution in [0.1, 0.15) is 30.1 Å². The van der Waals surface area contributed by atoms with Gasteiger partial charge in [-0.2, -0.15) is 0 Å². The Labute approximate surface area is 87.8 Å². The van der Waals surface area contributed by atoms with Crippen molar-refractivity contribution in [3.8, 4) is 5.75 Å². The molecule has 1 saturated carbocycles. The van der Waals surface area contributed by atoms with E-state index in [-0.39, 0.29) is 11.9 Å². The van der Waals surface area contributed by atoms with E-state index in [9.17, 15) is 4.79 Å². The van der Waals surface area contributed by atoms with Crippen LogP contribution in [0.25, 0.3) is 0 Å². The van der Waals surface area contributed by atoms with Crippen LogP contribution in [0.4, 0.5) is 0 Å². The molecule has 0 spiro atoms. The maximum Gasteiger partial charge on any atom is 0.165 e. The molecule has 0 aromatic heterocycles. The van der Waals surface area contributed by atoms with Crippen LogP contribution in [0.3, 0.4) is 0 Å². The van der Waals surface area contributed by atoms with Gasteiger partial charge in [0.15, 0.2) is 5.78 Å². The lowest BCUT2D eigenvalue weighted by Gasteiger charge is -2.09. The van der Waals surface area contributed by atoms with Crippen LogP contribution in [-0.4, -0.2) is 11.9 Å². The molecule has 14 heavy (non-hydrogen) atoms. The van der Waals surface area contributed by atoms with E-state index in [0.29, 0.717) is 16.3 Å². The van der Waals surface area contributed by atoms with Crippen LogP contribution in [-0.2, 0) is 0 Å². The van der Waals surface area contributed by atoms with E-state index in [4.69, 9.17) is 16.3 Å². The maximum absolute atomic E-state index is 11.3. The largest absolute Gasteiger partial charge is 0.490 e. The first kappa shape index (κ1) is 9.53. The molecule has 1 aliphatic carbocycles. The van der Waals surface area contributed by atoms with E-state index in [2.05, 4.69) is 0 Å². The molecule has 0 unspecified atom stereocenters. The van der Waals surface area contributed by atoms with Crippen molar-refractivity contribution in [2.24, 2.45) is 0 Å². The van der Waals surface area contributed by atoms with Crippen molar-refractivity contribution in [3.63, 3.8) is 0 Å². The van der Waals surface area contributed by atoms with Gasteiger partial charge in [0, 0.05) is 0 Å². The quantitative estimate of drug-likeness (QED) is 0.717. The lowest BCUT2D eigenvalue weighted by molar-refractivity contribution is 0.101. The highest BCUT2D eigenvalue weighted by Gasteiger charge is 2.25. The molecular weight excluding hydrogens is 200 g/mol. The van der Waals surface area contributed by atoms with Gasteiger partial charge in [-0.15, -0.1) is 0 Å². The third kappa shape index (κ3) is 1.90. The second-order valence-corrected chi connectivity index (χ2v) is 3.89. The summed E-state index contributed by atoms with van der Waals surface area (Å²) in [6.45, 7) is 1.50. The molecule has 74 valence electrons. The minimum atomic E-state index is -0.0498. The van der Waals surface area contributed by atoms with E-state index in [1.807, 2.05) is 0 Å². The van der Waals surface area contributed by atoms with E-state index < -0.39 is 0 Å². The Bertz CT molecular complexity index is 370. The molecule has 2 nitrogen and oxygen atoms in total. The SMILES string of the molecule is CC(=O)c1c(Cl)cccc1OC1CC1. The van der Waals surface area contributed by atoms with Gasteiger partial charge in [-0.3, -0.25) is 4.79 Å². The summed E-state index contributed by atoms with van der Waals surface area (Å²) in [5.41, 5.74) is 0.501. The molecule has 0 N–H and O–H groups in total. The van der Waals surface area contributed by atoms with Crippen LogP contribution in [0.2, 0.25) is 5.02 Å². The van der Waals surface area contributed by atoms with Crippen molar-refractivity contribution in [2.75, 3.05) is 0 Å². The van der Waals surface area contributed by atoms with Gasteiger partial charge in [-0.1, -0.05) is 17.7 Å². The van der Waals surface area contributed by atoms with Crippen LogP contribution in [0.15, 0.2) is 18.2 Å². The summed E-state index contributed by atoms with van der Waals surface area (Å²) in [4.78, 5) is 11.3. The molecular formula is C11H11ClO2. The highest BCUT2D eigenvalue weighted by atomic mass is 35.5. The van der Waals surface area contributed by atoms with Gasteiger partial charge in [0.05, 0.1) is 16.7 Å². The van der Waals surface area contributed by atoms with Gasteiger partial charge in [-0.25, -0.2) is 0 Å². The third-order valence-electron chi connectivity index (χ3n) is 2.15. The van der Waals surface area contributed by atoms with Gasteiger partial charge < -0.3 is 4.74 Å². The zero-order chi connectivity index (χ0) is 10.1. The fraction of sp³-hybridized carbons (Fsp3) is 0.364. The topological polar surface area (TPSA) is 26.3 Å². The summed E-state index contributed by atoms with van der Waals surface area (Å²) >= 11 is 5.93. The minimum absolute atomic E-state index is 0.0498. The normalized spacial score (nSPS) is 15.3. The molecule has 0 radical (unpaired) electrons. The first-order valence-electron chi connectivity index (χ1n) is 4.64. The Kier molecular flexibility index (Phi) is 2.46. The van der Waals surface area contributed by atoms with Gasteiger partial charge in [-0.05, 0) is 31.9 Å². The first-order valence-corrected chi connectivity index (χ1v) is 5.02. The standard InChI is InChI=1S/C11H11ClO2/c1-7(13)11-9(12)3-2-4-10(11)14-8-5-6-8/h2-4,8H,5-6H2,1H3. The van der Waals surface area contributed by atoms with E-state index >= 15 is 0 Å². The van der Waals surface area contributed by atoms with Crippen molar-refractivity contribution in [3.05, 3.63) is 28.8 Å². The van der Waals surface area contributed by atoms with E-state index in [1.54, 1.807) is 18.2 Å². The molecule has 0 heterocycles. The number of ether oxygens (including phenoxy) is 1. The average molecular weight is 211 g/mol. The number of carbonyl (C=O) groups excluding carboxylic acids is 1. The van der Waals surface area contributed by atoms with Gasteiger partial charge in [0.2, 0.25) is 0 Å². The van der Waals surface area contributed by atoms with E-state index in [0.717, 1.165) is 12.8 Å². The summed E-state index contributed by atoms with van der Waals surface area (Å²) in [6, 6.07) is 5.30. The molecule has 0 aliphatic heterocycles. The number of hydrogen-bond acceptors (Lipinski definition) is 2. The number of halogens is 1. The predicted molar refractivity (Wildman–Crippen MR) is 55.1 cm³/mol. The number of benzene rings is 1. The fourth-order valence-electron chi connectivity index (χ4n) is 1.31. The lowest BCUT2D eigenvalue weighted by atomic mass is 10.1. The van der Waals surface area contributed by atoms with Gasteiger partial charge in [0.25, 0.3) is 0 Å². The predicted octanol–water partition coefficient (Wildman–Crippen LogP) is 3.08. The summed E-state index contributed by atoms with van der Waals surface area (Å²) in [5, 5.41) is 0.468. The maximum atomic E-state index is 11.3. The number of hydrogen-bond donors (Lipinski definition) is 0. The monoisotopic (exact) mass is 210 g/mol. The van der Waals surface area contributed by atoms with E-state index in [1.165, 1.54) is 6.92 Å². The second-order valence-electron chi connectivity index (χ2n) is 3.49. The summed E-state index contributed by atoms with van der Waals surface area (Å²) < 4.78 is 5.59. The zero-order valence-corrected chi connectivity index (χ0v) is 8.67. The average Bonchev–Trinajstić information content (AvgIpc) is 2.87. The molecule has 0 atom stereocenters. The van der Waals surface area contributed by atoms with Crippen molar-refractivity contribution in [1.29, 1.82) is 0 Å². The Morgan fingerprint density at radius 1 is 1.50 bits per heavy atom. The molecule has 1 aliphatic rings. The van der Waals surface area contributed by atoms with Crippen molar-refractivity contribution in [1.82, 2.24) is 0 Å². The first-order chi connectivity index (χ1) is 6.68. The highest BCUT2D eigenvalue weighted by Crippen LogP contribution is 2.32. The van der Waals surface area contributed by atoms with Crippen LogP contribution in [0.5, 0.6) is 5.75 Å². The lowest BCUT2D eigenvalue weighted by Crippen LogP contribution is -2.03. The molecule has 0 bridgehead atoms. The summed E-state index contributed by atoms with van der Waals surface area (Å²) in [6.07, 6.45) is 2.43. The Morgan fingerprint density at radius 3 is 2.79 bits per heavy atom. The van der Waals surface area contributed by atoms with Crippen molar-refractivity contribution < 1.29 is 9.53 Å². The molecule has 0 saturated heterocycles. The molecule has 3 heteroatoms. The zero-order valence-electron chi connectivity index (χ0n) is 7.92. The highest BCUT2D eigenvalue weighted by molar-refractivity contribution is 6.34. The molecule has 1 aromatic carbocycles. The van der Waals surface area contributed by atoms with Gasteiger partial charge >= 0.3 is 0 Å². The molecule has 0 amide bonds. The Morgan fingerprint density at radius 2 is 2.21 bits per heavy atom. The Hall–Kier alpha value is -1.02. The van der Waals surface area contributed by atoms with Crippen molar-refractivity contribution in [2.45, 2.75) is 25.9 Å². The minimum Gasteiger partial charge on any atom is -0.490 e. The molecule has 2 rings (SSSR count). The van der Waals surface area contributed by atoms with Crippen molar-refractivity contribution >= 4 is 17.4 Å². The third-order valence-corrected chi connectivity index (χ3v) is 2.46. The van der Waals surface area contributed by atoms with Crippen LogP contribution < -0.4 is 4.74 Å². The number of Topliss-reactive ketones (excluding diaryl/α,β-unsaturated/α-hetero) is 1. The number of ketones is 1. The van der Waals surface area contributed by atoms with Crippen LogP contribution in [0, 0.1) is 0 Å². The summed E-state index contributed by atoms with van der Waals surface area (Å²) in [7, 11) is 0. The summed E-state index contributed by atoms with van der Waals surface area (Å²) in [5.74, 6) is 0.568. The number of carbonyl (C=O) groups is 1. The van der Waals surface area contributed by atoms with Crippen LogP contribution >= 0.6 is 11.6 Å². The van der Waals surface area contributed by atoms with Gasteiger partial charge in [0.1, 0.15) is 5.75 Å². The molecule has 1 fully saturated rings. The molecule has 1 aromatic rings.